The van der Waals surface area contributed by atoms with Crippen LogP contribution in [0.3, 0.4) is 0 Å². The number of nitrogens with one attached hydrogen (secondary N) is 1. The number of hydrogen-bond acceptors (Lipinski definition) is 4. The molecule has 0 saturated heterocycles. The molecule has 18 heavy (non-hydrogen) atoms. The van der Waals surface area contributed by atoms with E-state index in [1.165, 1.54) is 12.4 Å². The van der Waals surface area contributed by atoms with E-state index in [-0.39, 0.29) is 11.7 Å². The monoisotopic (exact) mass is 262 g/mol. The van der Waals surface area contributed by atoms with Gasteiger partial charge in [-0.3, -0.25) is 10.4 Å². The second-order valence-corrected chi connectivity index (χ2v) is 4.10. The van der Waals surface area contributed by atoms with Crippen LogP contribution in [0.2, 0.25) is 5.02 Å². The van der Waals surface area contributed by atoms with E-state index in [1.807, 2.05) is 6.92 Å². The first-order valence-electron chi connectivity index (χ1n) is 5.16. The summed E-state index contributed by atoms with van der Waals surface area (Å²) >= 11 is 5.81. The number of nitrogens with zero attached hydrogens (tertiary/aromatic N) is 2. The minimum atomic E-state index is -0.104. The van der Waals surface area contributed by atoms with Crippen LogP contribution in [0.5, 0.6) is 11.6 Å². The van der Waals surface area contributed by atoms with Gasteiger partial charge in [-0.25, -0.2) is 4.98 Å². The van der Waals surface area contributed by atoms with Crippen LogP contribution in [0.4, 0.5) is 0 Å². The largest absolute Gasteiger partial charge is 0.437 e. The van der Waals surface area contributed by atoms with Gasteiger partial charge >= 0.3 is 0 Å². The molecule has 6 heteroatoms. The summed E-state index contributed by atoms with van der Waals surface area (Å²) in [6.07, 6.45) is 3.02. The van der Waals surface area contributed by atoms with Crippen LogP contribution in [-0.4, -0.2) is 15.8 Å². The van der Waals surface area contributed by atoms with Gasteiger partial charge in [-0.15, -0.1) is 0 Å². The first kappa shape index (κ1) is 12.3. The van der Waals surface area contributed by atoms with Crippen molar-refractivity contribution in [1.82, 2.24) is 9.97 Å². The molecule has 0 bridgehead atoms. The molecule has 0 radical (unpaired) electrons. The van der Waals surface area contributed by atoms with Crippen molar-refractivity contribution in [3.63, 3.8) is 0 Å². The summed E-state index contributed by atoms with van der Waals surface area (Å²) < 4.78 is 5.55. The summed E-state index contributed by atoms with van der Waals surface area (Å²) in [5.41, 5.74) is 6.67. The SMILES string of the molecule is Cc1ccc(C(=N)N)c(Oc2cncc(Cl)c2)n1. The van der Waals surface area contributed by atoms with Crippen LogP contribution in [0, 0.1) is 12.3 Å². The van der Waals surface area contributed by atoms with E-state index in [2.05, 4.69) is 9.97 Å². The number of ether oxygens (including phenoxy) is 1. The summed E-state index contributed by atoms with van der Waals surface area (Å²) in [6, 6.07) is 5.07. The molecule has 0 aliphatic carbocycles. The lowest BCUT2D eigenvalue weighted by Crippen LogP contribution is -2.13. The van der Waals surface area contributed by atoms with Gasteiger partial charge in [-0.2, -0.15) is 0 Å². The molecule has 0 atom stereocenters. The maximum absolute atomic E-state index is 7.47. The fraction of sp³-hybridized carbons (Fsp3) is 0.0833. The summed E-state index contributed by atoms with van der Waals surface area (Å²) in [5, 5.41) is 7.93. The minimum absolute atomic E-state index is 0.104. The average Bonchev–Trinajstić information content (AvgIpc) is 2.28. The highest BCUT2D eigenvalue weighted by atomic mass is 35.5. The lowest BCUT2D eigenvalue weighted by Gasteiger charge is -2.09. The van der Waals surface area contributed by atoms with Gasteiger partial charge in [0.15, 0.2) is 0 Å². The second-order valence-electron chi connectivity index (χ2n) is 3.66. The Morgan fingerprint density at radius 2 is 2.17 bits per heavy atom. The standard InChI is InChI=1S/C12H11ClN4O/c1-7-2-3-10(11(14)15)12(17-7)18-9-4-8(13)5-16-6-9/h2-6H,1H3,(H3,14,15). The number of rotatable bonds is 3. The molecule has 2 aromatic rings. The summed E-state index contributed by atoms with van der Waals surface area (Å²) in [5.74, 6) is 0.613. The molecule has 0 unspecified atom stereocenters. The molecule has 3 N–H and O–H groups in total. The molecule has 0 aliphatic rings. The summed E-state index contributed by atoms with van der Waals surface area (Å²) in [6.45, 7) is 1.83. The Morgan fingerprint density at radius 1 is 1.39 bits per heavy atom. The van der Waals surface area contributed by atoms with E-state index in [4.69, 9.17) is 27.5 Å². The van der Waals surface area contributed by atoms with Crippen molar-refractivity contribution >= 4 is 17.4 Å². The van der Waals surface area contributed by atoms with Gasteiger partial charge in [0.05, 0.1) is 16.8 Å². The molecule has 92 valence electrons. The van der Waals surface area contributed by atoms with Crippen molar-refractivity contribution in [3.05, 3.63) is 46.9 Å². The number of halogens is 1. The van der Waals surface area contributed by atoms with Gasteiger partial charge in [0.2, 0.25) is 5.88 Å². The highest BCUT2D eigenvalue weighted by Crippen LogP contribution is 2.24. The summed E-state index contributed by atoms with van der Waals surface area (Å²) in [4.78, 5) is 8.11. The van der Waals surface area contributed by atoms with Crippen LogP contribution in [0.25, 0.3) is 0 Å². The number of aryl methyl sites for hydroxylation is 1. The Labute approximate surface area is 109 Å². The highest BCUT2D eigenvalue weighted by molar-refractivity contribution is 6.30. The van der Waals surface area contributed by atoms with Gasteiger partial charge in [-0.1, -0.05) is 11.6 Å². The molecule has 2 aromatic heterocycles. The normalized spacial score (nSPS) is 10.1. The number of amidine groups is 1. The first-order chi connectivity index (χ1) is 8.56. The third-order valence-corrected chi connectivity index (χ3v) is 2.39. The molecule has 0 aliphatic heterocycles. The van der Waals surface area contributed by atoms with Crippen molar-refractivity contribution in [2.45, 2.75) is 6.92 Å². The molecule has 5 nitrogen and oxygen atoms in total. The van der Waals surface area contributed by atoms with Crippen molar-refractivity contribution in [1.29, 1.82) is 5.41 Å². The van der Waals surface area contributed by atoms with Gasteiger partial charge < -0.3 is 10.5 Å². The van der Waals surface area contributed by atoms with Crippen LogP contribution in [-0.2, 0) is 0 Å². The van der Waals surface area contributed by atoms with Gasteiger partial charge in [0, 0.05) is 18.0 Å². The van der Waals surface area contributed by atoms with Gasteiger partial charge in [-0.05, 0) is 19.1 Å². The quantitative estimate of drug-likeness (QED) is 0.657. The number of hydrogen-bond donors (Lipinski definition) is 2. The maximum Gasteiger partial charge on any atom is 0.230 e. The minimum Gasteiger partial charge on any atom is -0.437 e. The van der Waals surface area contributed by atoms with Crippen molar-refractivity contribution in [2.75, 3.05) is 0 Å². The van der Waals surface area contributed by atoms with Crippen molar-refractivity contribution in [3.8, 4) is 11.6 Å². The molecule has 0 spiro atoms. The number of pyridine rings is 2. The van der Waals surface area contributed by atoms with E-state index in [1.54, 1.807) is 18.2 Å². The zero-order valence-electron chi connectivity index (χ0n) is 9.64. The van der Waals surface area contributed by atoms with Crippen LogP contribution >= 0.6 is 11.6 Å². The van der Waals surface area contributed by atoms with Gasteiger partial charge in [0.25, 0.3) is 0 Å². The number of nitrogen functional groups attached to an aromatic ring is 1. The Hall–Kier alpha value is -2.14. The predicted octanol–water partition coefficient (Wildman–Crippen LogP) is 2.51. The third-order valence-electron chi connectivity index (χ3n) is 2.18. The van der Waals surface area contributed by atoms with E-state index < -0.39 is 0 Å². The second kappa shape index (κ2) is 5.01. The molecule has 0 fully saturated rings. The molecule has 0 amide bonds. The van der Waals surface area contributed by atoms with Crippen LogP contribution in [0.1, 0.15) is 11.3 Å². The maximum atomic E-state index is 7.47. The Morgan fingerprint density at radius 3 is 2.83 bits per heavy atom. The molecular weight excluding hydrogens is 252 g/mol. The number of nitrogens with two attached hydrogens (primary N) is 1. The lowest BCUT2D eigenvalue weighted by atomic mass is 10.2. The average molecular weight is 263 g/mol. The Balaban J connectivity index is 2.39. The zero-order chi connectivity index (χ0) is 13.1. The molecule has 0 saturated carbocycles. The topological polar surface area (TPSA) is 84.9 Å². The van der Waals surface area contributed by atoms with E-state index in [9.17, 15) is 0 Å². The smallest absolute Gasteiger partial charge is 0.230 e. The lowest BCUT2D eigenvalue weighted by molar-refractivity contribution is 0.458. The van der Waals surface area contributed by atoms with E-state index >= 15 is 0 Å². The molecule has 0 aromatic carbocycles. The predicted molar refractivity (Wildman–Crippen MR) is 69.3 cm³/mol. The summed E-state index contributed by atoms with van der Waals surface area (Å²) in [7, 11) is 0. The Kier molecular flexibility index (Phi) is 3.43. The fourth-order valence-electron chi connectivity index (χ4n) is 1.38. The third kappa shape index (κ3) is 2.75. The number of aromatic nitrogens is 2. The molecule has 2 rings (SSSR count). The first-order valence-corrected chi connectivity index (χ1v) is 5.54. The molecule has 2 heterocycles. The van der Waals surface area contributed by atoms with E-state index in [0.29, 0.717) is 16.3 Å². The van der Waals surface area contributed by atoms with Crippen LogP contribution < -0.4 is 10.5 Å². The van der Waals surface area contributed by atoms with Gasteiger partial charge in [0.1, 0.15) is 11.6 Å². The Bertz CT molecular complexity index is 600. The fourth-order valence-corrected chi connectivity index (χ4v) is 1.54. The van der Waals surface area contributed by atoms with E-state index in [0.717, 1.165) is 5.69 Å². The highest BCUT2D eigenvalue weighted by Gasteiger charge is 2.10. The zero-order valence-corrected chi connectivity index (χ0v) is 10.4. The van der Waals surface area contributed by atoms with Crippen molar-refractivity contribution in [2.24, 2.45) is 5.73 Å². The molecular formula is C12H11ClN4O. The van der Waals surface area contributed by atoms with Crippen molar-refractivity contribution < 1.29 is 4.74 Å². The van der Waals surface area contributed by atoms with Crippen LogP contribution in [0.15, 0.2) is 30.6 Å².